The lowest BCUT2D eigenvalue weighted by molar-refractivity contribution is -0.116. The Hall–Kier alpha value is -2.46. The summed E-state index contributed by atoms with van der Waals surface area (Å²) in [6.45, 7) is 4.79. The van der Waals surface area contributed by atoms with Crippen molar-refractivity contribution >= 4 is 28.2 Å². The van der Waals surface area contributed by atoms with Crippen molar-refractivity contribution in [3.8, 4) is 0 Å². The minimum atomic E-state index is -0.0854. The molecule has 0 aliphatic carbocycles. The average molecular weight is 374 g/mol. The highest BCUT2D eigenvalue weighted by Crippen LogP contribution is 2.18. The molecule has 0 bridgehead atoms. The van der Waals surface area contributed by atoms with Gasteiger partial charge in [-0.25, -0.2) is 9.50 Å². The third-order valence-electron chi connectivity index (χ3n) is 4.08. The molecule has 3 aromatic heterocycles. The van der Waals surface area contributed by atoms with Crippen molar-refractivity contribution in [3.63, 3.8) is 0 Å². The molecule has 26 heavy (non-hydrogen) atoms. The molecule has 0 aliphatic heterocycles. The van der Waals surface area contributed by atoms with Gasteiger partial charge in [-0.1, -0.05) is 11.3 Å². The van der Waals surface area contributed by atoms with E-state index in [1.807, 2.05) is 27.9 Å². The molecule has 0 fully saturated rings. The molecule has 9 nitrogen and oxygen atoms in total. The molecule has 0 unspecified atom stereocenters. The van der Waals surface area contributed by atoms with Crippen LogP contribution in [0.25, 0.3) is 5.78 Å². The monoisotopic (exact) mass is 374 g/mol. The van der Waals surface area contributed by atoms with Gasteiger partial charge in [-0.05, 0) is 39.9 Å². The fourth-order valence-electron chi connectivity index (χ4n) is 2.66. The summed E-state index contributed by atoms with van der Waals surface area (Å²) in [4.78, 5) is 22.9. The number of aromatic nitrogens is 6. The number of rotatable bonds is 7. The number of amides is 1. The fraction of sp³-hybridized carbons (Fsp3) is 0.500. The van der Waals surface area contributed by atoms with Crippen LogP contribution >= 0.6 is 11.3 Å². The van der Waals surface area contributed by atoms with Crippen LogP contribution in [0, 0.1) is 13.8 Å². The summed E-state index contributed by atoms with van der Waals surface area (Å²) < 4.78 is 1.70. The van der Waals surface area contributed by atoms with Gasteiger partial charge in [-0.15, -0.1) is 10.2 Å². The number of likely N-dealkylation sites (N-methyl/N-ethyl adjacent to an activating group) is 1. The second kappa shape index (κ2) is 7.83. The van der Waals surface area contributed by atoms with Gasteiger partial charge < -0.3 is 10.2 Å². The Morgan fingerprint density at radius 1 is 1.27 bits per heavy atom. The number of aryl methyl sites for hydroxylation is 2. The van der Waals surface area contributed by atoms with Crippen LogP contribution in [0.3, 0.4) is 0 Å². The zero-order valence-corrected chi connectivity index (χ0v) is 16.2. The van der Waals surface area contributed by atoms with Crippen LogP contribution < -0.4 is 5.32 Å². The van der Waals surface area contributed by atoms with Crippen LogP contribution in [-0.2, 0) is 17.6 Å². The molecule has 138 valence electrons. The van der Waals surface area contributed by atoms with Crippen LogP contribution in [0.15, 0.2) is 6.33 Å². The Bertz CT molecular complexity index is 916. The zero-order chi connectivity index (χ0) is 18.7. The van der Waals surface area contributed by atoms with E-state index in [2.05, 4.69) is 35.5 Å². The maximum atomic E-state index is 12.3. The summed E-state index contributed by atoms with van der Waals surface area (Å²) in [7, 11) is 4.03. The van der Waals surface area contributed by atoms with Gasteiger partial charge in [0, 0.05) is 30.8 Å². The van der Waals surface area contributed by atoms with Gasteiger partial charge in [0.2, 0.25) is 11.0 Å². The van der Waals surface area contributed by atoms with Gasteiger partial charge in [-0.3, -0.25) is 4.79 Å². The van der Waals surface area contributed by atoms with Gasteiger partial charge in [0.15, 0.2) is 0 Å². The van der Waals surface area contributed by atoms with E-state index in [0.717, 1.165) is 34.9 Å². The highest BCUT2D eigenvalue weighted by molar-refractivity contribution is 7.15. The normalized spacial score (nSPS) is 11.4. The van der Waals surface area contributed by atoms with E-state index >= 15 is 0 Å². The number of carbonyl (C=O) groups excluding carboxylic acids is 1. The van der Waals surface area contributed by atoms with Crippen LogP contribution in [0.1, 0.15) is 28.4 Å². The quantitative estimate of drug-likeness (QED) is 0.664. The predicted octanol–water partition coefficient (Wildman–Crippen LogP) is 1.27. The summed E-state index contributed by atoms with van der Waals surface area (Å²) in [5.74, 6) is 0.491. The first-order valence-corrected chi connectivity index (χ1v) is 9.18. The highest BCUT2D eigenvalue weighted by atomic mass is 32.1. The Morgan fingerprint density at radius 3 is 2.85 bits per heavy atom. The first-order valence-electron chi connectivity index (χ1n) is 8.37. The largest absolute Gasteiger partial charge is 0.309 e. The van der Waals surface area contributed by atoms with Gasteiger partial charge in [0.25, 0.3) is 5.78 Å². The molecule has 10 heteroatoms. The molecule has 0 spiro atoms. The van der Waals surface area contributed by atoms with Crippen molar-refractivity contribution in [2.45, 2.75) is 33.1 Å². The third-order valence-corrected chi connectivity index (χ3v) is 4.98. The van der Waals surface area contributed by atoms with Crippen molar-refractivity contribution in [2.75, 3.05) is 26.0 Å². The van der Waals surface area contributed by atoms with Crippen LogP contribution in [0.2, 0.25) is 0 Å². The van der Waals surface area contributed by atoms with E-state index in [-0.39, 0.29) is 5.91 Å². The van der Waals surface area contributed by atoms with Crippen molar-refractivity contribution in [1.29, 1.82) is 0 Å². The maximum Gasteiger partial charge on any atom is 0.252 e. The molecule has 0 saturated carbocycles. The van der Waals surface area contributed by atoms with E-state index in [4.69, 9.17) is 0 Å². The standard InChI is InChI=1S/C16H22N8OS/c1-10-12(11(2)24-15(19-10)17-9-18-24)5-6-13(25)20-16-22-21-14(26-16)7-8-23(3)4/h9H,5-8H2,1-4H3,(H,20,22,25). The molecule has 3 heterocycles. The lowest BCUT2D eigenvalue weighted by Crippen LogP contribution is -2.14. The van der Waals surface area contributed by atoms with Crippen LogP contribution in [-0.4, -0.2) is 61.2 Å². The van der Waals surface area contributed by atoms with Crippen LogP contribution in [0.5, 0.6) is 0 Å². The lowest BCUT2D eigenvalue weighted by Gasteiger charge is -2.09. The average Bonchev–Trinajstić information content (AvgIpc) is 3.22. The number of hydrogen-bond donors (Lipinski definition) is 1. The first kappa shape index (κ1) is 18.3. The molecule has 0 aliphatic rings. The van der Waals surface area contributed by atoms with Gasteiger partial charge in [0.1, 0.15) is 11.3 Å². The molecular formula is C16H22N8OS. The summed E-state index contributed by atoms with van der Waals surface area (Å²) in [6, 6.07) is 0. The molecule has 0 radical (unpaired) electrons. The highest BCUT2D eigenvalue weighted by Gasteiger charge is 2.14. The van der Waals surface area contributed by atoms with E-state index in [0.29, 0.717) is 23.8 Å². The summed E-state index contributed by atoms with van der Waals surface area (Å²) in [6.07, 6.45) is 3.23. The molecule has 3 aromatic rings. The molecule has 1 N–H and O–H groups in total. The molecular weight excluding hydrogens is 352 g/mol. The smallest absolute Gasteiger partial charge is 0.252 e. The lowest BCUT2D eigenvalue weighted by atomic mass is 10.1. The zero-order valence-electron chi connectivity index (χ0n) is 15.4. The number of hydrogen-bond acceptors (Lipinski definition) is 8. The SMILES string of the molecule is Cc1nc2ncnn2c(C)c1CCC(=O)Nc1nnc(CCN(C)C)s1. The van der Waals surface area contributed by atoms with Gasteiger partial charge in [-0.2, -0.15) is 10.1 Å². The number of nitrogens with zero attached hydrogens (tertiary/aromatic N) is 7. The van der Waals surface area contributed by atoms with Gasteiger partial charge >= 0.3 is 0 Å². The molecule has 0 saturated heterocycles. The Morgan fingerprint density at radius 2 is 2.08 bits per heavy atom. The number of nitrogens with one attached hydrogen (secondary N) is 1. The number of fused-ring (bicyclic) bond motifs is 1. The third kappa shape index (κ3) is 4.20. The second-order valence-electron chi connectivity index (χ2n) is 6.34. The molecule has 1 amide bonds. The minimum Gasteiger partial charge on any atom is -0.309 e. The Balaban J connectivity index is 1.59. The summed E-state index contributed by atoms with van der Waals surface area (Å²) in [5, 5.41) is 16.6. The number of carbonyl (C=O) groups is 1. The van der Waals surface area contributed by atoms with Crippen molar-refractivity contribution < 1.29 is 4.79 Å². The Labute approximate surface area is 155 Å². The van der Waals surface area contributed by atoms with E-state index in [1.54, 1.807) is 4.52 Å². The number of anilines is 1. The molecule has 3 rings (SSSR count). The summed E-state index contributed by atoms with van der Waals surface area (Å²) in [5.41, 5.74) is 2.85. The minimum absolute atomic E-state index is 0.0854. The van der Waals surface area contributed by atoms with E-state index in [9.17, 15) is 4.79 Å². The Kier molecular flexibility index (Phi) is 5.52. The van der Waals surface area contributed by atoms with Crippen molar-refractivity contribution in [1.82, 2.24) is 34.7 Å². The van der Waals surface area contributed by atoms with Crippen molar-refractivity contribution in [2.24, 2.45) is 0 Å². The molecule has 0 aromatic carbocycles. The second-order valence-corrected chi connectivity index (χ2v) is 7.40. The van der Waals surface area contributed by atoms with E-state index in [1.165, 1.54) is 17.7 Å². The topological polar surface area (TPSA) is 101 Å². The van der Waals surface area contributed by atoms with Crippen LogP contribution in [0.4, 0.5) is 5.13 Å². The van der Waals surface area contributed by atoms with Crippen molar-refractivity contribution in [3.05, 3.63) is 28.3 Å². The fourth-order valence-corrected chi connectivity index (χ4v) is 3.41. The van der Waals surface area contributed by atoms with Gasteiger partial charge in [0.05, 0.1) is 0 Å². The summed E-state index contributed by atoms with van der Waals surface area (Å²) >= 11 is 1.42. The molecule has 0 atom stereocenters. The predicted molar refractivity (Wildman–Crippen MR) is 99.4 cm³/mol. The maximum absolute atomic E-state index is 12.3. The first-order chi connectivity index (χ1) is 12.4. The van der Waals surface area contributed by atoms with E-state index < -0.39 is 0 Å².